The number of nitrogens with one attached hydrogen (secondary N) is 1. The first-order valence-electron chi connectivity index (χ1n) is 12.1. The Morgan fingerprint density at radius 3 is 2.53 bits per heavy atom. The van der Waals surface area contributed by atoms with Gasteiger partial charge in [0.05, 0.1) is 11.6 Å². The Labute approximate surface area is 189 Å². The molecule has 2 unspecified atom stereocenters. The molecule has 1 aliphatic carbocycles. The third-order valence-electron chi connectivity index (χ3n) is 7.55. The average Bonchev–Trinajstić information content (AvgIpc) is 3.15. The van der Waals surface area contributed by atoms with Gasteiger partial charge in [0, 0.05) is 37.6 Å². The van der Waals surface area contributed by atoms with Crippen LogP contribution in [0.4, 0.5) is 0 Å². The highest BCUT2D eigenvalue weighted by Crippen LogP contribution is 2.31. The Balaban J connectivity index is 1.30. The number of rotatable bonds is 5. The van der Waals surface area contributed by atoms with E-state index >= 15 is 0 Å². The van der Waals surface area contributed by atoms with E-state index in [4.69, 9.17) is 0 Å². The molecule has 2 saturated heterocycles. The summed E-state index contributed by atoms with van der Waals surface area (Å²) in [5.41, 5.74) is 0.292. The Hall–Kier alpha value is -2.60. The van der Waals surface area contributed by atoms with Crippen molar-refractivity contribution in [2.45, 2.75) is 57.0 Å². The predicted octanol–water partition coefficient (Wildman–Crippen LogP) is 3.53. The smallest absolute Gasteiger partial charge is 0.255 e. The molecule has 2 heterocycles. The molecule has 2 aromatic carbocycles. The van der Waals surface area contributed by atoms with Gasteiger partial charge in [-0.15, -0.1) is 0 Å². The number of fused-ring (bicyclic) bond motifs is 1. The molecular formula is C26H33N3O3. The van der Waals surface area contributed by atoms with Crippen molar-refractivity contribution in [1.29, 1.82) is 0 Å². The molecule has 1 saturated carbocycles. The summed E-state index contributed by atoms with van der Waals surface area (Å²) in [5.74, 6) is 0.616. The first-order chi connectivity index (χ1) is 15.6. The molecule has 3 aliphatic rings. The summed E-state index contributed by atoms with van der Waals surface area (Å²) < 4.78 is 0. The van der Waals surface area contributed by atoms with Gasteiger partial charge in [0.1, 0.15) is 5.75 Å². The molecule has 0 spiro atoms. The highest BCUT2D eigenvalue weighted by Gasteiger charge is 2.41. The topological polar surface area (TPSA) is 72.9 Å². The van der Waals surface area contributed by atoms with E-state index in [0.29, 0.717) is 29.8 Å². The first kappa shape index (κ1) is 21.3. The lowest BCUT2D eigenvalue weighted by Gasteiger charge is -2.37. The maximum absolute atomic E-state index is 13.1. The number of likely N-dealkylation sites (tertiary alicyclic amines) is 2. The minimum atomic E-state index is -0.270. The van der Waals surface area contributed by atoms with Crippen molar-refractivity contribution in [2.75, 3.05) is 26.2 Å². The molecule has 2 aliphatic heterocycles. The summed E-state index contributed by atoms with van der Waals surface area (Å²) in [7, 11) is 0. The standard InChI is InChI=1S/C26H33N3O3/c30-24-21-10-5-4-9-19(21)11-12-22(24)25(31)27-20-15-23(26(32)28-13-6-14-28)29(17-20)16-18-7-2-1-3-8-18/h4-5,9-12,18,20,23,30H,1-3,6-8,13-17H2,(H,27,31). The number of amides is 2. The number of phenolic OH excluding ortho intramolecular Hbond substituents is 1. The van der Waals surface area contributed by atoms with E-state index in [1.165, 1.54) is 32.1 Å². The zero-order valence-corrected chi connectivity index (χ0v) is 18.6. The summed E-state index contributed by atoms with van der Waals surface area (Å²) in [6.45, 7) is 3.35. The van der Waals surface area contributed by atoms with Crippen LogP contribution in [0.1, 0.15) is 55.3 Å². The third kappa shape index (κ3) is 4.20. The van der Waals surface area contributed by atoms with Gasteiger partial charge in [-0.25, -0.2) is 0 Å². The second kappa shape index (κ2) is 9.10. The van der Waals surface area contributed by atoms with Crippen molar-refractivity contribution in [3.63, 3.8) is 0 Å². The molecule has 5 rings (SSSR count). The Morgan fingerprint density at radius 1 is 1.00 bits per heavy atom. The number of carbonyl (C=O) groups is 2. The van der Waals surface area contributed by atoms with Crippen LogP contribution in [0.2, 0.25) is 0 Å². The van der Waals surface area contributed by atoms with Gasteiger partial charge >= 0.3 is 0 Å². The summed E-state index contributed by atoms with van der Waals surface area (Å²) in [5, 5.41) is 15.4. The fourth-order valence-corrected chi connectivity index (χ4v) is 5.62. The van der Waals surface area contributed by atoms with Crippen LogP contribution in [-0.4, -0.2) is 65.0 Å². The van der Waals surface area contributed by atoms with Crippen LogP contribution in [0, 0.1) is 5.92 Å². The van der Waals surface area contributed by atoms with Crippen molar-refractivity contribution >= 4 is 22.6 Å². The molecule has 2 amide bonds. The van der Waals surface area contributed by atoms with Gasteiger partial charge in [0.15, 0.2) is 0 Å². The van der Waals surface area contributed by atoms with Crippen molar-refractivity contribution in [3.05, 3.63) is 42.0 Å². The van der Waals surface area contributed by atoms with E-state index in [1.54, 1.807) is 6.07 Å². The van der Waals surface area contributed by atoms with Gasteiger partial charge in [-0.2, -0.15) is 0 Å². The first-order valence-corrected chi connectivity index (χ1v) is 12.1. The van der Waals surface area contributed by atoms with E-state index < -0.39 is 0 Å². The van der Waals surface area contributed by atoms with Crippen LogP contribution in [0.3, 0.4) is 0 Å². The molecule has 0 radical (unpaired) electrons. The zero-order valence-electron chi connectivity index (χ0n) is 18.6. The Morgan fingerprint density at radius 2 is 1.78 bits per heavy atom. The molecule has 6 heteroatoms. The molecule has 32 heavy (non-hydrogen) atoms. The molecular weight excluding hydrogens is 402 g/mol. The van der Waals surface area contributed by atoms with Crippen LogP contribution in [-0.2, 0) is 4.79 Å². The van der Waals surface area contributed by atoms with Crippen LogP contribution in [0.15, 0.2) is 36.4 Å². The van der Waals surface area contributed by atoms with E-state index in [2.05, 4.69) is 10.2 Å². The quantitative estimate of drug-likeness (QED) is 0.754. The fourth-order valence-electron chi connectivity index (χ4n) is 5.62. The van der Waals surface area contributed by atoms with Crippen LogP contribution in [0.5, 0.6) is 5.75 Å². The van der Waals surface area contributed by atoms with Gasteiger partial charge < -0.3 is 15.3 Å². The number of aromatic hydroxyl groups is 1. The summed E-state index contributed by atoms with van der Waals surface area (Å²) in [6, 6.07) is 10.8. The molecule has 2 atom stereocenters. The van der Waals surface area contributed by atoms with Gasteiger partial charge in [-0.1, -0.05) is 49.6 Å². The second-order valence-corrected chi connectivity index (χ2v) is 9.74. The third-order valence-corrected chi connectivity index (χ3v) is 7.55. The summed E-state index contributed by atoms with van der Waals surface area (Å²) in [4.78, 5) is 30.4. The maximum Gasteiger partial charge on any atom is 0.255 e. The lowest BCUT2D eigenvalue weighted by atomic mass is 9.89. The molecule has 2 N–H and O–H groups in total. The number of phenols is 1. The van der Waals surface area contributed by atoms with Crippen LogP contribution in [0.25, 0.3) is 10.8 Å². The van der Waals surface area contributed by atoms with Crippen LogP contribution >= 0.6 is 0 Å². The molecule has 3 fully saturated rings. The van der Waals surface area contributed by atoms with Gasteiger partial charge in [0.25, 0.3) is 5.91 Å². The molecule has 170 valence electrons. The number of benzene rings is 2. The zero-order chi connectivity index (χ0) is 22.1. The van der Waals surface area contributed by atoms with Crippen molar-refractivity contribution in [3.8, 4) is 5.75 Å². The van der Waals surface area contributed by atoms with E-state index in [-0.39, 0.29) is 29.6 Å². The Bertz CT molecular complexity index is 997. The van der Waals surface area contributed by atoms with Gasteiger partial charge in [-0.3, -0.25) is 14.5 Å². The largest absolute Gasteiger partial charge is 0.506 e. The number of carbonyl (C=O) groups excluding carboxylic acids is 2. The molecule has 0 aromatic heterocycles. The highest BCUT2D eigenvalue weighted by molar-refractivity contribution is 6.03. The fraction of sp³-hybridized carbons (Fsp3) is 0.538. The monoisotopic (exact) mass is 435 g/mol. The molecule has 0 bridgehead atoms. The second-order valence-electron chi connectivity index (χ2n) is 9.74. The normalized spacial score (nSPS) is 24.4. The number of nitrogens with zero attached hydrogens (tertiary/aromatic N) is 2. The predicted molar refractivity (Wildman–Crippen MR) is 125 cm³/mol. The van der Waals surface area contributed by atoms with Gasteiger partial charge in [-0.05, 0) is 43.1 Å². The maximum atomic E-state index is 13.1. The average molecular weight is 436 g/mol. The number of hydrogen-bond donors (Lipinski definition) is 2. The van der Waals surface area contributed by atoms with Crippen molar-refractivity contribution in [1.82, 2.24) is 15.1 Å². The minimum absolute atomic E-state index is 0.0193. The van der Waals surface area contributed by atoms with Crippen LogP contribution < -0.4 is 5.32 Å². The minimum Gasteiger partial charge on any atom is -0.506 e. The number of hydrogen-bond acceptors (Lipinski definition) is 4. The van der Waals surface area contributed by atoms with E-state index in [0.717, 1.165) is 31.4 Å². The lowest BCUT2D eigenvalue weighted by molar-refractivity contribution is -0.139. The Kier molecular flexibility index (Phi) is 6.05. The lowest BCUT2D eigenvalue weighted by Crippen LogP contribution is -2.51. The molecule has 2 aromatic rings. The van der Waals surface area contributed by atoms with Crippen molar-refractivity contribution in [2.24, 2.45) is 5.92 Å². The molecule has 6 nitrogen and oxygen atoms in total. The SMILES string of the molecule is O=C(NC1CC(C(=O)N2CCC2)N(CC2CCCCC2)C1)c1ccc2ccccc2c1O. The van der Waals surface area contributed by atoms with Crippen molar-refractivity contribution < 1.29 is 14.7 Å². The summed E-state index contributed by atoms with van der Waals surface area (Å²) in [6.07, 6.45) is 8.09. The highest BCUT2D eigenvalue weighted by atomic mass is 16.3. The van der Waals surface area contributed by atoms with Gasteiger partial charge in [0.2, 0.25) is 5.91 Å². The summed E-state index contributed by atoms with van der Waals surface area (Å²) >= 11 is 0. The van der Waals surface area contributed by atoms with E-state index in [9.17, 15) is 14.7 Å². The van der Waals surface area contributed by atoms with E-state index in [1.807, 2.05) is 35.2 Å².